The van der Waals surface area contributed by atoms with E-state index >= 15 is 0 Å². The zero-order chi connectivity index (χ0) is 11.7. The van der Waals surface area contributed by atoms with Gasteiger partial charge in [-0.2, -0.15) is 0 Å². The minimum absolute atomic E-state index is 0.102. The molecule has 5 heteroatoms. The van der Waals surface area contributed by atoms with Crippen molar-refractivity contribution in [1.82, 2.24) is 5.32 Å². The Hall–Kier alpha value is -1.23. The zero-order valence-corrected chi connectivity index (χ0v) is 8.77. The van der Waals surface area contributed by atoms with Gasteiger partial charge in [-0.05, 0) is 25.0 Å². The van der Waals surface area contributed by atoms with E-state index in [4.69, 9.17) is 0 Å². The minimum Gasteiger partial charge on any atom is -0.491 e. The molecule has 0 heterocycles. The van der Waals surface area contributed by atoms with Crippen molar-refractivity contribution in [1.29, 1.82) is 0 Å². The van der Waals surface area contributed by atoms with Crippen LogP contribution >= 0.6 is 0 Å². The Balaban J connectivity index is 2.25. The monoisotopic (exact) mass is 231 g/mol. The number of benzene rings is 1. The first-order chi connectivity index (χ1) is 7.63. The van der Waals surface area contributed by atoms with Gasteiger partial charge in [0.2, 0.25) is 0 Å². The smallest absolute Gasteiger partial charge is 0.190 e. The van der Waals surface area contributed by atoms with Crippen molar-refractivity contribution in [3.05, 3.63) is 29.3 Å². The standard InChI is InChI=1S/C11H12F3NO/c1-16-10-8(12)5-4-7(9(10)13)11(14)15-6-2-3-6/h4-6,11,15H,2-3H2,1H3. The molecule has 2 nitrogen and oxygen atoms in total. The van der Waals surface area contributed by atoms with E-state index in [-0.39, 0.29) is 11.6 Å². The molecule has 0 amide bonds. The van der Waals surface area contributed by atoms with E-state index < -0.39 is 23.7 Å². The number of hydrogen-bond donors (Lipinski definition) is 1. The molecule has 2 rings (SSSR count). The van der Waals surface area contributed by atoms with Crippen LogP contribution in [0.1, 0.15) is 24.7 Å². The topological polar surface area (TPSA) is 21.3 Å². The van der Waals surface area contributed by atoms with E-state index in [1.807, 2.05) is 0 Å². The van der Waals surface area contributed by atoms with Crippen molar-refractivity contribution >= 4 is 0 Å². The molecular weight excluding hydrogens is 219 g/mol. The highest BCUT2D eigenvalue weighted by Gasteiger charge is 2.28. The van der Waals surface area contributed by atoms with Crippen molar-refractivity contribution in [3.8, 4) is 5.75 Å². The van der Waals surface area contributed by atoms with Crippen LogP contribution in [0.15, 0.2) is 12.1 Å². The van der Waals surface area contributed by atoms with Crippen LogP contribution in [0.2, 0.25) is 0 Å². The molecule has 0 aliphatic heterocycles. The van der Waals surface area contributed by atoms with Crippen molar-refractivity contribution in [2.45, 2.75) is 25.2 Å². The lowest BCUT2D eigenvalue weighted by Gasteiger charge is -2.13. The van der Waals surface area contributed by atoms with E-state index in [2.05, 4.69) is 10.1 Å². The minimum atomic E-state index is -1.62. The predicted molar refractivity (Wildman–Crippen MR) is 52.9 cm³/mol. The first kappa shape index (κ1) is 11.3. The van der Waals surface area contributed by atoms with Gasteiger partial charge in [0.05, 0.1) is 7.11 Å². The fraction of sp³-hybridized carbons (Fsp3) is 0.455. The second-order valence-corrected chi connectivity index (χ2v) is 3.79. The van der Waals surface area contributed by atoms with E-state index in [0.29, 0.717) is 0 Å². The summed E-state index contributed by atoms with van der Waals surface area (Å²) in [7, 11) is 1.15. The van der Waals surface area contributed by atoms with Crippen LogP contribution in [-0.2, 0) is 0 Å². The summed E-state index contributed by atoms with van der Waals surface area (Å²) in [6.07, 6.45) is 0.155. The number of methoxy groups -OCH3 is 1. The lowest BCUT2D eigenvalue weighted by atomic mass is 10.1. The molecule has 1 fully saturated rings. The van der Waals surface area contributed by atoms with Gasteiger partial charge in [0.15, 0.2) is 23.7 Å². The maximum atomic E-state index is 13.6. The van der Waals surface area contributed by atoms with Gasteiger partial charge in [-0.15, -0.1) is 0 Å². The molecule has 1 atom stereocenters. The largest absolute Gasteiger partial charge is 0.491 e. The molecule has 1 saturated carbocycles. The van der Waals surface area contributed by atoms with Gasteiger partial charge in [0.25, 0.3) is 0 Å². The predicted octanol–water partition coefficient (Wildman–Crippen LogP) is 2.69. The molecule has 0 radical (unpaired) electrons. The van der Waals surface area contributed by atoms with Crippen LogP contribution in [0.5, 0.6) is 5.75 Å². The third-order valence-corrected chi connectivity index (χ3v) is 2.52. The summed E-state index contributed by atoms with van der Waals surface area (Å²) in [5, 5.41) is 2.60. The van der Waals surface area contributed by atoms with Crippen LogP contribution in [0, 0.1) is 11.6 Å². The summed E-state index contributed by atoms with van der Waals surface area (Å²) in [5.74, 6) is -2.36. The van der Waals surface area contributed by atoms with Gasteiger partial charge in [-0.25, -0.2) is 13.2 Å². The summed E-state index contributed by atoms with van der Waals surface area (Å²) >= 11 is 0. The quantitative estimate of drug-likeness (QED) is 0.804. The highest BCUT2D eigenvalue weighted by atomic mass is 19.1. The molecule has 1 aliphatic carbocycles. The summed E-state index contributed by atoms with van der Waals surface area (Å²) in [4.78, 5) is 0. The summed E-state index contributed by atoms with van der Waals surface area (Å²) in [6, 6.07) is 2.19. The van der Waals surface area contributed by atoms with Crippen molar-refractivity contribution < 1.29 is 17.9 Å². The molecule has 0 spiro atoms. The number of hydrogen-bond acceptors (Lipinski definition) is 2. The van der Waals surface area contributed by atoms with Crippen molar-refractivity contribution in [2.75, 3.05) is 7.11 Å². The Bertz CT molecular complexity index is 393. The number of halogens is 3. The van der Waals surface area contributed by atoms with Gasteiger partial charge < -0.3 is 4.74 Å². The maximum absolute atomic E-state index is 13.6. The highest BCUT2D eigenvalue weighted by Crippen LogP contribution is 2.31. The molecule has 88 valence electrons. The SMILES string of the molecule is COc1c(F)ccc(C(F)NC2CC2)c1F. The van der Waals surface area contributed by atoms with Gasteiger partial charge in [0, 0.05) is 11.6 Å². The molecule has 1 aliphatic rings. The summed E-state index contributed by atoms with van der Waals surface area (Å²) in [5.41, 5.74) is -0.217. The zero-order valence-electron chi connectivity index (χ0n) is 8.77. The highest BCUT2D eigenvalue weighted by molar-refractivity contribution is 5.33. The third-order valence-electron chi connectivity index (χ3n) is 2.52. The van der Waals surface area contributed by atoms with Crippen LogP contribution in [-0.4, -0.2) is 13.2 Å². The first-order valence-electron chi connectivity index (χ1n) is 5.05. The first-order valence-corrected chi connectivity index (χ1v) is 5.05. The Morgan fingerprint density at radius 1 is 1.38 bits per heavy atom. The number of nitrogens with one attached hydrogen (secondary N) is 1. The van der Waals surface area contributed by atoms with Crippen molar-refractivity contribution in [2.24, 2.45) is 0 Å². The Morgan fingerprint density at radius 2 is 2.06 bits per heavy atom. The van der Waals surface area contributed by atoms with Crippen LogP contribution in [0.25, 0.3) is 0 Å². The fourth-order valence-corrected chi connectivity index (χ4v) is 1.48. The molecule has 1 N–H and O–H groups in total. The summed E-state index contributed by atoms with van der Waals surface area (Å²) < 4.78 is 44.8. The molecule has 0 aromatic heterocycles. The Kier molecular flexibility index (Phi) is 3.05. The van der Waals surface area contributed by atoms with E-state index in [1.165, 1.54) is 0 Å². The molecule has 1 unspecified atom stereocenters. The average Bonchev–Trinajstić information content (AvgIpc) is 3.02. The van der Waals surface area contributed by atoms with Crippen molar-refractivity contribution in [3.63, 3.8) is 0 Å². The third kappa shape index (κ3) is 2.14. The Morgan fingerprint density at radius 3 is 2.62 bits per heavy atom. The fourth-order valence-electron chi connectivity index (χ4n) is 1.48. The number of alkyl halides is 1. The molecule has 1 aromatic rings. The number of rotatable bonds is 4. The Labute approximate surface area is 91.4 Å². The molecule has 0 saturated heterocycles. The molecule has 0 bridgehead atoms. The lowest BCUT2D eigenvalue weighted by Crippen LogP contribution is -2.20. The molecule has 1 aromatic carbocycles. The lowest BCUT2D eigenvalue weighted by molar-refractivity contribution is 0.264. The molecular formula is C11H12F3NO. The van der Waals surface area contributed by atoms with Gasteiger partial charge in [-0.3, -0.25) is 5.32 Å². The van der Waals surface area contributed by atoms with E-state index in [1.54, 1.807) is 0 Å². The number of ether oxygens (including phenoxy) is 1. The second kappa shape index (κ2) is 4.33. The van der Waals surface area contributed by atoms with Crippen LogP contribution < -0.4 is 10.1 Å². The van der Waals surface area contributed by atoms with Gasteiger partial charge in [-0.1, -0.05) is 0 Å². The van der Waals surface area contributed by atoms with Gasteiger partial charge in [0.1, 0.15) is 0 Å². The second-order valence-electron chi connectivity index (χ2n) is 3.79. The van der Waals surface area contributed by atoms with Crippen LogP contribution in [0.4, 0.5) is 13.2 Å². The van der Waals surface area contributed by atoms with E-state index in [0.717, 1.165) is 32.1 Å². The van der Waals surface area contributed by atoms with Crippen LogP contribution in [0.3, 0.4) is 0 Å². The van der Waals surface area contributed by atoms with E-state index in [9.17, 15) is 13.2 Å². The average molecular weight is 231 g/mol. The maximum Gasteiger partial charge on any atom is 0.190 e. The normalized spacial score (nSPS) is 17.2. The molecule has 16 heavy (non-hydrogen) atoms. The summed E-state index contributed by atoms with van der Waals surface area (Å²) in [6.45, 7) is 0. The van der Waals surface area contributed by atoms with Gasteiger partial charge >= 0.3 is 0 Å².